The molecule has 7 nitrogen and oxygen atoms in total. The van der Waals surface area contributed by atoms with Crippen molar-refractivity contribution >= 4 is 17.7 Å². The average molecular weight is 426 g/mol. The van der Waals surface area contributed by atoms with Crippen LogP contribution in [0.25, 0.3) is 11.4 Å². The van der Waals surface area contributed by atoms with E-state index in [4.69, 9.17) is 9.15 Å². The molecule has 3 rings (SSSR count). The second-order valence-electron chi connectivity index (χ2n) is 5.88. The highest BCUT2D eigenvalue weighted by Gasteiger charge is 2.27. The van der Waals surface area contributed by atoms with Gasteiger partial charge in [0.2, 0.25) is 5.91 Å². The summed E-state index contributed by atoms with van der Waals surface area (Å²) in [5, 5.41) is 10.5. The summed E-state index contributed by atoms with van der Waals surface area (Å²) in [5.74, 6) is 0.805. The molecule has 2 aromatic heterocycles. The van der Waals surface area contributed by atoms with Crippen LogP contribution in [0.3, 0.4) is 0 Å². The van der Waals surface area contributed by atoms with Crippen LogP contribution in [-0.4, -0.2) is 46.3 Å². The SMILES string of the molecule is COc1cccc(-c2nnc(SCC(=O)NCC(F)(F)F)n2Cc2ccco2)c1. The van der Waals surface area contributed by atoms with Gasteiger partial charge in [-0.25, -0.2) is 0 Å². The number of amides is 1. The fraction of sp³-hybridized carbons (Fsp3) is 0.278. The molecule has 0 radical (unpaired) electrons. The number of methoxy groups -OCH3 is 1. The molecule has 1 amide bonds. The summed E-state index contributed by atoms with van der Waals surface area (Å²) in [6.45, 7) is -1.08. The summed E-state index contributed by atoms with van der Waals surface area (Å²) in [5.41, 5.74) is 0.733. The number of hydrogen-bond acceptors (Lipinski definition) is 6. The van der Waals surface area contributed by atoms with Crippen molar-refractivity contribution in [3.8, 4) is 17.1 Å². The fourth-order valence-corrected chi connectivity index (χ4v) is 3.22. The fourth-order valence-electron chi connectivity index (χ4n) is 2.45. The second-order valence-corrected chi connectivity index (χ2v) is 6.83. The van der Waals surface area contributed by atoms with Crippen LogP contribution >= 0.6 is 11.8 Å². The Morgan fingerprint density at radius 3 is 2.79 bits per heavy atom. The maximum absolute atomic E-state index is 12.2. The number of hydrogen-bond donors (Lipinski definition) is 1. The number of benzene rings is 1. The molecule has 0 aliphatic carbocycles. The van der Waals surface area contributed by atoms with E-state index in [0.717, 1.165) is 17.3 Å². The van der Waals surface area contributed by atoms with Gasteiger partial charge in [-0.1, -0.05) is 23.9 Å². The number of rotatable bonds is 8. The molecule has 0 aliphatic rings. The topological polar surface area (TPSA) is 82.2 Å². The molecule has 3 aromatic rings. The molecule has 0 saturated carbocycles. The van der Waals surface area contributed by atoms with E-state index in [9.17, 15) is 18.0 Å². The van der Waals surface area contributed by atoms with Crippen LogP contribution < -0.4 is 10.1 Å². The molecule has 0 saturated heterocycles. The van der Waals surface area contributed by atoms with Gasteiger partial charge < -0.3 is 14.5 Å². The molecule has 0 unspecified atom stereocenters. The van der Waals surface area contributed by atoms with Crippen LogP contribution in [-0.2, 0) is 11.3 Å². The van der Waals surface area contributed by atoms with Crippen LogP contribution in [0.2, 0.25) is 0 Å². The third kappa shape index (κ3) is 5.76. The molecule has 29 heavy (non-hydrogen) atoms. The Morgan fingerprint density at radius 2 is 2.10 bits per heavy atom. The third-order valence-electron chi connectivity index (χ3n) is 3.76. The minimum atomic E-state index is -4.46. The van der Waals surface area contributed by atoms with E-state index in [0.29, 0.717) is 29.0 Å². The Morgan fingerprint density at radius 1 is 1.28 bits per heavy atom. The lowest BCUT2D eigenvalue weighted by Gasteiger charge is -2.10. The van der Waals surface area contributed by atoms with Crippen molar-refractivity contribution in [2.45, 2.75) is 17.9 Å². The van der Waals surface area contributed by atoms with Crippen molar-refractivity contribution in [3.05, 3.63) is 48.4 Å². The molecule has 154 valence electrons. The monoisotopic (exact) mass is 426 g/mol. The smallest absolute Gasteiger partial charge is 0.405 e. The van der Waals surface area contributed by atoms with Crippen LogP contribution in [0.15, 0.2) is 52.2 Å². The van der Waals surface area contributed by atoms with Crippen LogP contribution in [0.4, 0.5) is 13.2 Å². The summed E-state index contributed by atoms with van der Waals surface area (Å²) in [6, 6.07) is 10.7. The van der Waals surface area contributed by atoms with Crippen LogP contribution in [0.5, 0.6) is 5.75 Å². The predicted molar refractivity (Wildman–Crippen MR) is 99.6 cm³/mol. The average Bonchev–Trinajstić information content (AvgIpc) is 3.34. The van der Waals surface area contributed by atoms with E-state index < -0.39 is 18.6 Å². The van der Waals surface area contributed by atoms with E-state index in [1.54, 1.807) is 42.0 Å². The summed E-state index contributed by atoms with van der Waals surface area (Å²) >= 11 is 0.990. The Hall–Kier alpha value is -2.95. The highest BCUT2D eigenvalue weighted by Crippen LogP contribution is 2.27. The summed E-state index contributed by atoms with van der Waals surface area (Å²) in [4.78, 5) is 11.7. The molecule has 1 aromatic carbocycles. The molecule has 0 atom stereocenters. The zero-order valence-electron chi connectivity index (χ0n) is 15.3. The van der Waals surface area contributed by atoms with Crippen molar-refractivity contribution in [2.75, 3.05) is 19.4 Å². The molecule has 2 heterocycles. The van der Waals surface area contributed by atoms with Crippen molar-refractivity contribution in [1.82, 2.24) is 20.1 Å². The first kappa shape index (κ1) is 20.8. The van der Waals surface area contributed by atoms with Gasteiger partial charge in [0, 0.05) is 5.56 Å². The Balaban J connectivity index is 1.81. The van der Waals surface area contributed by atoms with Crippen LogP contribution in [0, 0.1) is 0 Å². The van der Waals surface area contributed by atoms with Crippen LogP contribution in [0.1, 0.15) is 5.76 Å². The van der Waals surface area contributed by atoms with Gasteiger partial charge in [0.1, 0.15) is 18.1 Å². The van der Waals surface area contributed by atoms with Gasteiger partial charge in [0.15, 0.2) is 11.0 Å². The molecule has 0 spiro atoms. The van der Waals surface area contributed by atoms with Gasteiger partial charge in [0.25, 0.3) is 0 Å². The number of thioether (sulfide) groups is 1. The van der Waals surface area contributed by atoms with Crippen molar-refractivity contribution in [2.24, 2.45) is 0 Å². The number of halogens is 3. The van der Waals surface area contributed by atoms with Gasteiger partial charge in [0.05, 0.1) is 25.7 Å². The lowest BCUT2D eigenvalue weighted by Crippen LogP contribution is -2.34. The van der Waals surface area contributed by atoms with Gasteiger partial charge in [-0.3, -0.25) is 9.36 Å². The number of furan rings is 1. The van der Waals surface area contributed by atoms with Crippen molar-refractivity contribution < 1.29 is 27.1 Å². The van der Waals surface area contributed by atoms with Gasteiger partial charge in [-0.15, -0.1) is 10.2 Å². The minimum absolute atomic E-state index is 0.232. The van der Waals surface area contributed by atoms with Crippen molar-refractivity contribution in [1.29, 1.82) is 0 Å². The van der Waals surface area contributed by atoms with E-state index in [-0.39, 0.29) is 5.75 Å². The van der Waals surface area contributed by atoms with Gasteiger partial charge >= 0.3 is 6.18 Å². The van der Waals surface area contributed by atoms with Gasteiger partial charge in [-0.05, 0) is 24.3 Å². The van der Waals surface area contributed by atoms with Crippen molar-refractivity contribution in [3.63, 3.8) is 0 Å². The first-order chi connectivity index (χ1) is 13.9. The quantitative estimate of drug-likeness (QED) is 0.557. The number of carbonyl (C=O) groups excluding carboxylic acids is 1. The predicted octanol–water partition coefficient (Wildman–Crippen LogP) is 3.37. The molecule has 0 bridgehead atoms. The number of ether oxygens (including phenoxy) is 1. The number of alkyl halides is 3. The second kappa shape index (κ2) is 9.03. The van der Waals surface area contributed by atoms with E-state index in [1.165, 1.54) is 6.26 Å². The highest BCUT2D eigenvalue weighted by molar-refractivity contribution is 7.99. The van der Waals surface area contributed by atoms with E-state index in [1.807, 2.05) is 11.4 Å². The summed E-state index contributed by atoms with van der Waals surface area (Å²) in [7, 11) is 1.55. The zero-order valence-corrected chi connectivity index (χ0v) is 16.1. The lowest BCUT2D eigenvalue weighted by molar-refractivity contribution is -0.136. The Kier molecular flexibility index (Phi) is 6.47. The maximum Gasteiger partial charge on any atom is 0.405 e. The largest absolute Gasteiger partial charge is 0.497 e. The Labute approximate surface area is 168 Å². The molecular formula is C18H17F3N4O3S. The minimum Gasteiger partial charge on any atom is -0.497 e. The normalized spacial score (nSPS) is 11.4. The standard InChI is InChI=1S/C18H17F3N4O3S/c1-27-13-5-2-4-12(8-13)16-23-24-17(25(16)9-14-6-3-7-28-14)29-10-15(26)22-11-18(19,20)21/h2-8H,9-11H2,1H3,(H,22,26). The zero-order chi connectivity index (χ0) is 20.9. The molecular weight excluding hydrogens is 409 g/mol. The number of nitrogens with one attached hydrogen (secondary N) is 1. The molecule has 11 heteroatoms. The number of carbonyl (C=O) groups is 1. The van der Waals surface area contributed by atoms with E-state index >= 15 is 0 Å². The number of nitrogens with zero attached hydrogens (tertiary/aromatic N) is 3. The summed E-state index contributed by atoms with van der Waals surface area (Å²) in [6.07, 6.45) is -2.93. The Bertz CT molecular complexity index is 958. The summed E-state index contributed by atoms with van der Waals surface area (Å²) < 4.78 is 49.1. The molecule has 0 aliphatic heterocycles. The first-order valence-electron chi connectivity index (χ1n) is 8.42. The first-order valence-corrected chi connectivity index (χ1v) is 9.40. The highest BCUT2D eigenvalue weighted by atomic mass is 32.2. The lowest BCUT2D eigenvalue weighted by atomic mass is 10.2. The molecule has 0 fully saturated rings. The number of aromatic nitrogens is 3. The maximum atomic E-state index is 12.2. The van der Waals surface area contributed by atoms with E-state index in [2.05, 4.69) is 10.2 Å². The third-order valence-corrected chi connectivity index (χ3v) is 4.72. The molecule has 1 N–H and O–H groups in total. The van der Waals surface area contributed by atoms with Gasteiger partial charge in [-0.2, -0.15) is 13.2 Å².